The third-order valence-electron chi connectivity index (χ3n) is 2.50. The zero-order valence-electron chi connectivity index (χ0n) is 9.91. The molecule has 6 heteroatoms. The SMILES string of the molecule is CN(CCc1cccs1)c1ncc(C(=O)O)cn1. The molecule has 1 N–H and O–H groups in total. The van der Waals surface area contributed by atoms with E-state index in [1.807, 2.05) is 23.4 Å². The fourth-order valence-corrected chi connectivity index (χ4v) is 2.16. The van der Waals surface area contributed by atoms with E-state index in [1.54, 1.807) is 11.3 Å². The highest BCUT2D eigenvalue weighted by molar-refractivity contribution is 7.09. The molecule has 0 radical (unpaired) electrons. The molecule has 5 nitrogen and oxygen atoms in total. The molecular weight excluding hydrogens is 250 g/mol. The number of carbonyl (C=O) groups is 1. The number of hydrogen-bond acceptors (Lipinski definition) is 5. The molecule has 0 spiro atoms. The summed E-state index contributed by atoms with van der Waals surface area (Å²) in [4.78, 5) is 22.0. The lowest BCUT2D eigenvalue weighted by atomic mass is 10.3. The van der Waals surface area contributed by atoms with Crippen molar-refractivity contribution in [2.45, 2.75) is 6.42 Å². The van der Waals surface area contributed by atoms with E-state index in [0.717, 1.165) is 13.0 Å². The Morgan fingerprint density at radius 2 is 2.17 bits per heavy atom. The van der Waals surface area contributed by atoms with E-state index in [-0.39, 0.29) is 5.56 Å². The molecule has 0 saturated heterocycles. The van der Waals surface area contributed by atoms with Gasteiger partial charge in [0.15, 0.2) is 0 Å². The second kappa shape index (κ2) is 5.59. The minimum atomic E-state index is -1.01. The summed E-state index contributed by atoms with van der Waals surface area (Å²) >= 11 is 1.72. The standard InChI is InChI=1S/C12H13N3O2S/c1-15(5-4-10-3-2-6-18-10)12-13-7-9(8-14-12)11(16)17/h2-3,6-8H,4-5H2,1H3,(H,16,17). The molecule has 0 atom stereocenters. The number of anilines is 1. The van der Waals surface area contributed by atoms with Gasteiger partial charge < -0.3 is 10.0 Å². The molecule has 0 bridgehead atoms. The van der Waals surface area contributed by atoms with E-state index in [1.165, 1.54) is 17.3 Å². The third kappa shape index (κ3) is 3.04. The topological polar surface area (TPSA) is 66.3 Å². The van der Waals surface area contributed by atoms with Crippen LogP contribution in [0.25, 0.3) is 0 Å². The molecule has 0 fully saturated rings. The number of hydrogen-bond donors (Lipinski definition) is 1. The average Bonchev–Trinajstić information content (AvgIpc) is 2.89. The predicted molar refractivity (Wildman–Crippen MR) is 70.3 cm³/mol. The zero-order valence-corrected chi connectivity index (χ0v) is 10.7. The molecule has 0 aliphatic heterocycles. The number of thiophene rings is 1. The van der Waals surface area contributed by atoms with Gasteiger partial charge in [0.1, 0.15) is 0 Å². The van der Waals surface area contributed by atoms with Crippen LogP contribution in [0.3, 0.4) is 0 Å². The van der Waals surface area contributed by atoms with Crippen molar-refractivity contribution in [1.82, 2.24) is 9.97 Å². The van der Waals surface area contributed by atoms with Crippen molar-refractivity contribution in [2.75, 3.05) is 18.5 Å². The number of likely N-dealkylation sites (N-methyl/N-ethyl adjacent to an activating group) is 1. The van der Waals surface area contributed by atoms with E-state index in [2.05, 4.69) is 16.0 Å². The first-order valence-corrected chi connectivity index (χ1v) is 6.33. The number of nitrogens with zero attached hydrogens (tertiary/aromatic N) is 3. The van der Waals surface area contributed by atoms with Gasteiger partial charge in [0.2, 0.25) is 5.95 Å². The van der Waals surface area contributed by atoms with Crippen molar-refractivity contribution in [2.24, 2.45) is 0 Å². The van der Waals surface area contributed by atoms with Gasteiger partial charge in [0.05, 0.1) is 5.56 Å². The molecular formula is C12H13N3O2S. The first-order chi connectivity index (χ1) is 8.66. The van der Waals surface area contributed by atoms with Gasteiger partial charge in [-0.3, -0.25) is 0 Å². The van der Waals surface area contributed by atoms with Gasteiger partial charge in [-0.15, -0.1) is 11.3 Å². The highest BCUT2D eigenvalue weighted by Gasteiger charge is 2.07. The summed E-state index contributed by atoms with van der Waals surface area (Å²) in [5, 5.41) is 10.8. The quantitative estimate of drug-likeness (QED) is 0.892. The lowest BCUT2D eigenvalue weighted by Crippen LogP contribution is -2.22. The Bertz CT molecular complexity index is 511. The van der Waals surface area contributed by atoms with Crippen molar-refractivity contribution in [3.63, 3.8) is 0 Å². The Hall–Kier alpha value is -1.95. The second-order valence-electron chi connectivity index (χ2n) is 3.83. The minimum Gasteiger partial charge on any atom is -0.478 e. The van der Waals surface area contributed by atoms with Crippen LogP contribution in [0.4, 0.5) is 5.95 Å². The summed E-state index contributed by atoms with van der Waals surface area (Å²) in [6.07, 6.45) is 3.58. The molecule has 2 heterocycles. The summed E-state index contributed by atoms with van der Waals surface area (Å²) in [6.45, 7) is 0.799. The van der Waals surface area contributed by atoms with E-state index in [9.17, 15) is 4.79 Å². The van der Waals surface area contributed by atoms with Crippen LogP contribution >= 0.6 is 11.3 Å². The maximum absolute atomic E-state index is 10.7. The van der Waals surface area contributed by atoms with Crippen LogP contribution in [0.2, 0.25) is 0 Å². The summed E-state index contributed by atoms with van der Waals surface area (Å²) in [7, 11) is 1.89. The summed E-state index contributed by atoms with van der Waals surface area (Å²) in [5.41, 5.74) is 0.102. The van der Waals surface area contributed by atoms with Gasteiger partial charge in [-0.2, -0.15) is 0 Å². The monoisotopic (exact) mass is 263 g/mol. The Morgan fingerprint density at radius 1 is 1.44 bits per heavy atom. The second-order valence-corrected chi connectivity index (χ2v) is 4.86. The first-order valence-electron chi connectivity index (χ1n) is 5.45. The largest absolute Gasteiger partial charge is 0.478 e. The van der Waals surface area contributed by atoms with Gasteiger partial charge >= 0.3 is 5.97 Å². The molecule has 2 aromatic rings. The summed E-state index contributed by atoms with van der Waals surface area (Å²) in [5.74, 6) is -0.473. The lowest BCUT2D eigenvalue weighted by Gasteiger charge is -2.16. The van der Waals surface area contributed by atoms with Gasteiger partial charge in [0, 0.05) is 30.9 Å². The Kier molecular flexibility index (Phi) is 3.88. The van der Waals surface area contributed by atoms with E-state index in [4.69, 9.17) is 5.11 Å². The van der Waals surface area contributed by atoms with Crippen LogP contribution in [0.1, 0.15) is 15.2 Å². The molecule has 2 rings (SSSR count). The maximum Gasteiger partial charge on any atom is 0.338 e. The summed E-state index contributed by atoms with van der Waals surface area (Å²) < 4.78 is 0. The average molecular weight is 263 g/mol. The maximum atomic E-state index is 10.7. The molecule has 2 aromatic heterocycles. The molecule has 94 valence electrons. The Labute approximate surface area is 109 Å². The fourth-order valence-electron chi connectivity index (χ4n) is 1.46. The molecule has 0 aromatic carbocycles. The highest BCUT2D eigenvalue weighted by atomic mass is 32.1. The molecule has 0 amide bonds. The van der Waals surface area contributed by atoms with E-state index in [0.29, 0.717) is 5.95 Å². The lowest BCUT2D eigenvalue weighted by molar-refractivity contribution is 0.0696. The van der Waals surface area contributed by atoms with Gasteiger partial charge in [-0.25, -0.2) is 14.8 Å². The van der Waals surface area contributed by atoms with Crippen LogP contribution in [0.15, 0.2) is 29.9 Å². The molecule has 0 saturated carbocycles. The molecule has 0 unspecified atom stereocenters. The van der Waals surface area contributed by atoms with Crippen LogP contribution < -0.4 is 4.90 Å². The minimum absolute atomic E-state index is 0.102. The van der Waals surface area contributed by atoms with Crippen LogP contribution in [-0.4, -0.2) is 34.6 Å². The molecule has 18 heavy (non-hydrogen) atoms. The Morgan fingerprint density at radius 3 is 2.72 bits per heavy atom. The van der Waals surface area contributed by atoms with E-state index >= 15 is 0 Å². The van der Waals surface area contributed by atoms with Crippen molar-refractivity contribution in [3.05, 3.63) is 40.3 Å². The third-order valence-corrected chi connectivity index (χ3v) is 3.44. The number of aromatic nitrogens is 2. The smallest absolute Gasteiger partial charge is 0.338 e. The Balaban J connectivity index is 1.96. The van der Waals surface area contributed by atoms with Crippen molar-refractivity contribution in [1.29, 1.82) is 0 Å². The van der Waals surface area contributed by atoms with Crippen molar-refractivity contribution in [3.8, 4) is 0 Å². The van der Waals surface area contributed by atoms with Gasteiger partial charge in [-0.1, -0.05) is 6.07 Å². The zero-order chi connectivity index (χ0) is 13.0. The normalized spacial score (nSPS) is 10.3. The van der Waals surface area contributed by atoms with Crippen LogP contribution in [0, 0.1) is 0 Å². The highest BCUT2D eigenvalue weighted by Crippen LogP contribution is 2.11. The van der Waals surface area contributed by atoms with Crippen molar-refractivity contribution < 1.29 is 9.90 Å². The fraction of sp³-hybridized carbons (Fsp3) is 0.250. The first kappa shape index (κ1) is 12.5. The molecule has 0 aliphatic carbocycles. The van der Waals surface area contributed by atoms with Gasteiger partial charge in [-0.05, 0) is 17.9 Å². The summed E-state index contributed by atoms with van der Waals surface area (Å²) in [6, 6.07) is 4.12. The number of carboxylic acids is 1. The number of rotatable bonds is 5. The van der Waals surface area contributed by atoms with Gasteiger partial charge in [0.25, 0.3) is 0 Å². The number of carboxylic acid groups (broad SMARTS) is 1. The van der Waals surface area contributed by atoms with Crippen molar-refractivity contribution >= 4 is 23.3 Å². The molecule has 0 aliphatic rings. The number of aromatic carboxylic acids is 1. The predicted octanol–water partition coefficient (Wildman–Crippen LogP) is 1.92. The van der Waals surface area contributed by atoms with Crippen LogP contribution in [-0.2, 0) is 6.42 Å². The van der Waals surface area contributed by atoms with E-state index < -0.39 is 5.97 Å². The van der Waals surface area contributed by atoms with Crippen LogP contribution in [0.5, 0.6) is 0 Å².